The predicted octanol–water partition coefficient (Wildman–Crippen LogP) is 6.29. The van der Waals surface area contributed by atoms with Crippen molar-refractivity contribution in [1.29, 1.82) is 0 Å². The SMILES string of the molecule is O=C(Cc1ccc(C2CC2NCC2CC2)cc1)c1ccc(-c2ccccc2Cl)cc1. The second-order valence-electron chi connectivity index (χ2n) is 8.70. The highest BCUT2D eigenvalue weighted by Gasteiger charge is 2.38. The van der Waals surface area contributed by atoms with Gasteiger partial charge in [0.1, 0.15) is 0 Å². The number of nitrogens with one attached hydrogen (secondary N) is 1. The molecule has 152 valence electrons. The Balaban J connectivity index is 1.19. The summed E-state index contributed by atoms with van der Waals surface area (Å²) in [6, 6.07) is 24.8. The molecule has 2 aliphatic rings. The average molecular weight is 416 g/mol. The van der Waals surface area contributed by atoms with Crippen LogP contribution in [0.5, 0.6) is 0 Å². The molecule has 3 aromatic rings. The summed E-state index contributed by atoms with van der Waals surface area (Å²) in [6.07, 6.45) is 4.47. The van der Waals surface area contributed by atoms with Crippen LogP contribution in [0.4, 0.5) is 0 Å². The Morgan fingerprint density at radius 1 is 0.933 bits per heavy atom. The Labute approximate surface area is 183 Å². The molecule has 0 aromatic heterocycles. The quantitative estimate of drug-likeness (QED) is 0.438. The van der Waals surface area contributed by atoms with Gasteiger partial charge in [-0.25, -0.2) is 0 Å². The van der Waals surface area contributed by atoms with Gasteiger partial charge in [0.05, 0.1) is 0 Å². The number of hydrogen-bond acceptors (Lipinski definition) is 2. The van der Waals surface area contributed by atoms with E-state index < -0.39 is 0 Å². The summed E-state index contributed by atoms with van der Waals surface area (Å²) in [6.45, 7) is 1.18. The van der Waals surface area contributed by atoms with E-state index in [1.165, 1.54) is 31.4 Å². The molecule has 0 spiro atoms. The molecule has 2 atom stereocenters. The van der Waals surface area contributed by atoms with Crippen LogP contribution < -0.4 is 5.32 Å². The van der Waals surface area contributed by atoms with Gasteiger partial charge in [-0.2, -0.15) is 0 Å². The van der Waals surface area contributed by atoms with Gasteiger partial charge in [-0.3, -0.25) is 4.79 Å². The van der Waals surface area contributed by atoms with Gasteiger partial charge < -0.3 is 5.32 Å². The van der Waals surface area contributed by atoms with Gasteiger partial charge in [0.2, 0.25) is 0 Å². The lowest BCUT2D eigenvalue weighted by Gasteiger charge is -2.07. The molecule has 3 heteroatoms. The van der Waals surface area contributed by atoms with Crippen LogP contribution in [0.15, 0.2) is 72.8 Å². The van der Waals surface area contributed by atoms with Gasteiger partial charge >= 0.3 is 0 Å². The van der Waals surface area contributed by atoms with Crippen molar-refractivity contribution >= 4 is 17.4 Å². The average Bonchev–Trinajstić information content (AvgIpc) is 3.68. The molecule has 2 unspecified atom stereocenters. The molecule has 2 fully saturated rings. The summed E-state index contributed by atoms with van der Waals surface area (Å²) in [4.78, 5) is 12.7. The third-order valence-corrected chi connectivity index (χ3v) is 6.65. The minimum Gasteiger partial charge on any atom is -0.313 e. The first-order valence-electron chi connectivity index (χ1n) is 10.9. The van der Waals surface area contributed by atoms with E-state index in [-0.39, 0.29) is 5.78 Å². The third kappa shape index (κ3) is 4.50. The van der Waals surface area contributed by atoms with Crippen LogP contribution >= 0.6 is 11.6 Å². The third-order valence-electron chi connectivity index (χ3n) is 6.32. The standard InChI is InChI=1S/C27H26ClNO/c28-25-4-2-1-3-23(25)20-11-13-22(14-12-20)27(30)15-18-7-9-21(10-8-18)24-16-26(24)29-17-19-5-6-19/h1-4,7-14,19,24,26,29H,5-6,15-17H2. The van der Waals surface area contributed by atoms with E-state index in [9.17, 15) is 4.79 Å². The Hall–Kier alpha value is -2.42. The molecule has 3 aromatic carbocycles. The van der Waals surface area contributed by atoms with E-state index in [2.05, 4.69) is 29.6 Å². The zero-order chi connectivity index (χ0) is 20.5. The molecule has 0 saturated heterocycles. The second kappa shape index (κ2) is 8.37. The number of halogens is 1. The van der Waals surface area contributed by atoms with E-state index in [1.54, 1.807) is 0 Å². The monoisotopic (exact) mass is 415 g/mol. The predicted molar refractivity (Wildman–Crippen MR) is 123 cm³/mol. The van der Waals surface area contributed by atoms with Crippen LogP contribution in [0.25, 0.3) is 11.1 Å². The van der Waals surface area contributed by atoms with E-state index in [0.29, 0.717) is 18.4 Å². The number of rotatable bonds is 8. The minimum atomic E-state index is 0.142. The Morgan fingerprint density at radius 3 is 2.37 bits per heavy atom. The first-order valence-corrected chi connectivity index (χ1v) is 11.3. The molecule has 2 saturated carbocycles. The lowest BCUT2D eigenvalue weighted by Crippen LogP contribution is -2.20. The molecule has 30 heavy (non-hydrogen) atoms. The van der Waals surface area contributed by atoms with Gasteiger partial charge in [-0.15, -0.1) is 0 Å². The van der Waals surface area contributed by atoms with Crippen molar-refractivity contribution in [1.82, 2.24) is 5.32 Å². The molecule has 2 nitrogen and oxygen atoms in total. The molecular weight excluding hydrogens is 390 g/mol. The van der Waals surface area contributed by atoms with Gasteiger partial charge in [0.15, 0.2) is 5.78 Å². The summed E-state index contributed by atoms with van der Waals surface area (Å²) in [7, 11) is 0. The number of carbonyl (C=O) groups is 1. The first-order chi connectivity index (χ1) is 14.7. The van der Waals surface area contributed by atoms with E-state index in [1.807, 2.05) is 48.5 Å². The smallest absolute Gasteiger partial charge is 0.167 e. The fraction of sp³-hybridized carbons (Fsp3) is 0.296. The lowest BCUT2D eigenvalue weighted by atomic mass is 9.98. The summed E-state index contributed by atoms with van der Waals surface area (Å²) in [5.41, 5.74) is 5.21. The molecule has 1 N–H and O–H groups in total. The van der Waals surface area contributed by atoms with Crippen LogP contribution in [-0.2, 0) is 6.42 Å². The summed E-state index contributed by atoms with van der Waals surface area (Å²) >= 11 is 6.28. The van der Waals surface area contributed by atoms with Crippen LogP contribution in [0, 0.1) is 5.92 Å². The fourth-order valence-electron chi connectivity index (χ4n) is 4.13. The fourth-order valence-corrected chi connectivity index (χ4v) is 4.37. The highest BCUT2D eigenvalue weighted by molar-refractivity contribution is 6.33. The van der Waals surface area contributed by atoms with Crippen molar-refractivity contribution in [2.75, 3.05) is 6.54 Å². The van der Waals surface area contributed by atoms with E-state index >= 15 is 0 Å². The maximum Gasteiger partial charge on any atom is 0.167 e. The Bertz CT molecular complexity index is 1040. The van der Waals surface area contributed by atoms with Crippen molar-refractivity contribution in [3.63, 3.8) is 0 Å². The van der Waals surface area contributed by atoms with Crippen molar-refractivity contribution in [2.24, 2.45) is 5.92 Å². The summed E-state index contributed by atoms with van der Waals surface area (Å²) in [5.74, 6) is 1.72. The van der Waals surface area contributed by atoms with E-state index in [0.717, 1.165) is 33.2 Å². The zero-order valence-corrected chi connectivity index (χ0v) is 17.7. The number of Topliss-reactive ketones (excluding diaryl/α,β-unsaturated/α-hetero) is 1. The number of ketones is 1. The second-order valence-corrected chi connectivity index (χ2v) is 9.11. The molecule has 0 aliphatic heterocycles. The van der Waals surface area contributed by atoms with Crippen molar-refractivity contribution < 1.29 is 4.79 Å². The van der Waals surface area contributed by atoms with Crippen LogP contribution in [0.1, 0.15) is 46.7 Å². The topological polar surface area (TPSA) is 29.1 Å². The summed E-state index contributed by atoms with van der Waals surface area (Å²) in [5, 5.41) is 4.41. The van der Waals surface area contributed by atoms with Crippen LogP contribution in [-0.4, -0.2) is 18.4 Å². The van der Waals surface area contributed by atoms with Gasteiger partial charge in [-0.05, 0) is 54.5 Å². The van der Waals surface area contributed by atoms with Crippen LogP contribution in [0.3, 0.4) is 0 Å². The van der Waals surface area contributed by atoms with E-state index in [4.69, 9.17) is 11.6 Å². The van der Waals surface area contributed by atoms with Gasteiger partial charge in [0.25, 0.3) is 0 Å². The number of carbonyl (C=O) groups excluding carboxylic acids is 1. The largest absolute Gasteiger partial charge is 0.313 e. The van der Waals surface area contributed by atoms with Crippen LogP contribution in [0.2, 0.25) is 5.02 Å². The van der Waals surface area contributed by atoms with Gasteiger partial charge in [-0.1, -0.05) is 78.3 Å². The molecule has 0 amide bonds. The van der Waals surface area contributed by atoms with Crippen molar-refractivity contribution in [2.45, 2.75) is 37.6 Å². The molecule has 0 radical (unpaired) electrons. The zero-order valence-electron chi connectivity index (χ0n) is 17.0. The minimum absolute atomic E-state index is 0.142. The highest BCUT2D eigenvalue weighted by atomic mass is 35.5. The molecule has 2 aliphatic carbocycles. The van der Waals surface area contributed by atoms with Crippen molar-refractivity contribution in [3.8, 4) is 11.1 Å². The first kappa shape index (κ1) is 19.5. The van der Waals surface area contributed by atoms with Crippen molar-refractivity contribution in [3.05, 3.63) is 94.5 Å². The molecule has 0 heterocycles. The molecule has 0 bridgehead atoms. The lowest BCUT2D eigenvalue weighted by molar-refractivity contribution is 0.0993. The maximum atomic E-state index is 12.7. The summed E-state index contributed by atoms with van der Waals surface area (Å²) < 4.78 is 0. The molecule has 5 rings (SSSR count). The number of benzene rings is 3. The van der Waals surface area contributed by atoms with Gasteiger partial charge in [0, 0.05) is 34.5 Å². The Kier molecular flexibility index (Phi) is 5.45. The molecular formula is C27H26ClNO. The highest BCUT2D eigenvalue weighted by Crippen LogP contribution is 2.41. The Morgan fingerprint density at radius 2 is 1.67 bits per heavy atom. The maximum absolute atomic E-state index is 12.7. The normalized spacial score (nSPS) is 20.2. The number of hydrogen-bond donors (Lipinski definition) is 1.